The second-order valence-electron chi connectivity index (χ2n) is 15.1. The zero-order chi connectivity index (χ0) is 37.5. The van der Waals surface area contributed by atoms with Gasteiger partial charge in [0.2, 0.25) is 0 Å². The van der Waals surface area contributed by atoms with E-state index in [1.54, 1.807) is 0 Å². The van der Waals surface area contributed by atoms with Crippen molar-refractivity contribution in [2.75, 3.05) is 0 Å². The van der Waals surface area contributed by atoms with Crippen molar-refractivity contribution in [1.82, 2.24) is 9.61 Å². The van der Waals surface area contributed by atoms with E-state index >= 15 is 0 Å². The van der Waals surface area contributed by atoms with Crippen LogP contribution in [0, 0.1) is 0 Å². The van der Waals surface area contributed by atoms with Gasteiger partial charge in [-0.1, -0.05) is 176 Å². The lowest BCUT2D eigenvalue weighted by molar-refractivity contribution is 0.980. The Hall–Kier alpha value is -7.55. The highest BCUT2D eigenvalue weighted by Crippen LogP contribution is 2.47. The van der Waals surface area contributed by atoms with Crippen LogP contribution in [0.5, 0.6) is 0 Å². The fraction of sp³-hybridized carbons (Fsp3) is 0. The molecule has 0 saturated heterocycles. The van der Waals surface area contributed by atoms with E-state index in [-0.39, 0.29) is 0 Å². The van der Waals surface area contributed by atoms with E-state index in [2.05, 4.69) is 211 Å². The second kappa shape index (κ2) is 12.5. The summed E-state index contributed by atoms with van der Waals surface area (Å²) in [5.41, 5.74) is 12.4. The molecule has 0 amide bonds. The number of hydrogen-bond donors (Lipinski definition) is 0. The lowest BCUT2D eigenvalue weighted by Gasteiger charge is -2.16. The highest BCUT2D eigenvalue weighted by atomic mass is 15.2. The van der Waals surface area contributed by atoms with Crippen LogP contribution < -0.4 is 0 Å². The van der Waals surface area contributed by atoms with Gasteiger partial charge in [-0.15, -0.1) is 0 Å². The minimum absolute atomic E-state index is 0.974. The van der Waals surface area contributed by atoms with E-state index in [0.717, 1.165) is 44.5 Å². The number of nitrogens with zero attached hydrogens (tertiary/aromatic N) is 2. The van der Waals surface area contributed by atoms with Crippen LogP contribution in [-0.4, -0.2) is 9.61 Å². The van der Waals surface area contributed by atoms with Crippen molar-refractivity contribution in [1.29, 1.82) is 0 Å². The SMILES string of the molecule is c1ccc(-c2cc3cc(-c4ccccc4)n4nc(-c5cc6cccc7ccc8cccc5c8c76)c(-c5ccc6ccccc6c5)c4c3cc2-c2ccccc2)cc1. The Morgan fingerprint density at radius 3 is 1.61 bits per heavy atom. The molecule has 12 rings (SSSR count). The molecule has 0 spiro atoms. The van der Waals surface area contributed by atoms with Crippen LogP contribution in [0.4, 0.5) is 0 Å². The maximum absolute atomic E-state index is 5.77. The molecule has 0 radical (unpaired) electrons. The maximum Gasteiger partial charge on any atom is 0.102 e. The van der Waals surface area contributed by atoms with E-state index in [9.17, 15) is 0 Å². The van der Waals surface area contributed by atoms with Gasteiger partial charge in [-0.2, -0.15) is 5.10 Å². The van der Waals surface area contributed by atoms with E-state index in [1.165, 1.54) is 70.7 Å². The van der Waals surface area contributed by atoms with Gasteiger partial charge >= 0.3 is 0 Å². The molecule has 0 aliphatic heterocycles. The van der Waals surface area contributed by atoms with Crippen molar-refractivity contribution >= 4 is 59.4 Å². The number of pyridine rings is 1. The molecule has 0 atom stereocenters. The highest BCUT2D eigenvalue weighted by Gasteiger charge is 2.25. The topological polar surface area (TPSA) is 17.3 Å². The summed E-state index contributed by atoms with van der Waals surface area (Å²) in [4.78, 5) is 0. The molecule has 2 nitrogen and oxygen atoms in total. The minimum Gasteiger partial charge on any atom is -0.231 e. The summed E-state index contributed by atoms with van der Waals surface area (Å²) in [6.45, 7) is 0. The Morgan fingerprint density at radius 1 is 0.316 bits per heavy atom. The van der Waals surface area contributed by atoms with E-state index in [4.69, 9.17) is 5.10 Å². The van der Waals surface area contributed by atoms with Crippen molar-refractivity contribution in [3.8, 4) is 55.9 Å². The Morgan fingerprint density at radius 2 is 0.877 bits per heavy atom. The van der Waals surface area contributed by atoms with Gasteiger partial charge in [0.1, 0.15) is 5.69 Å². The fourth-order valence-electron chi connectivity index (χ4n) is 9.28. The molecule has 0 aliphatic rings. The lowest BCUT2D eigenvalue weighted by Crippen LogP contribution is -1.97. The monoisotopic (exact) mass is 722 g/mol. The molecule has 0 saturated carbocycles. The molecule has 2 aromatic heterocycles. The third-order valence-corrected chi connectivity index (χ3v) is 11.9. The molecule has 0 fully saturated rings. The quantitative estimate of drug-likeness (QED) is 0.162. The van der Waals surface area contributed by atoms with Crippen molar-refractivity contribution in [3.63, 3.8) is 0 Å². The first-order valence-corrected chi connectivity index (χ1v) is 19.6. The highest BCUT2D eigenvalue weighted by molar-refractivity contribution is 6.27. The Bertz CT molecular complexity index is 3490. The van der Waals surface area contributed by atoms with Crippen molar-refractivity contribution in [2.45, 2.75) is 0 Å². The Labute approximate surface area is 329 Å². The summed E-state index contributed by atoms with van der Waals surface area (Å²) in [7, 11) is 0. The molecule has 2 heterocycles. The van der Waals surface area contributed by atoms with Crippen LogP contribution in [0.2, 0.25) is 0 Å². The standard InChI is InChI=1S/C55H34N2/c1-4-15-36(16-5-1)46-32-44-33-50(38-19-8-3-9-20-38)57-55(48(44)34-47(46)37-17-6-2-7-18-37)53(43-29-26-35-14-10-11-21-41(35)30-43)54(56-57)49-31-42-24-12-22-39-27-28-40-23-13-25-45(49)52(40)51(39)42/h1-34H. The molecule has 0 bridgehead atoms. The van der Waals surface area contributed by atoms with Gasteiger partial charge in [-0.25, -0.2) is 4.52 Å². The normalized spacial score (nSPS) is 11.9. The van der Waals surface area contributed by atoms with Gasteiger partial charge in [-0.05, 0) is 107 Å². The Balaban J connectivity index is 1.29. The number of fused-ring (bicyclic) bond motifs is 4. The number of benzene rings is 10. The molecule has 57 heavy (non-hydrogen) atoms. The van der Waals surface area contributed by atoms with Gasteiger partial charge in [0.25, 0.3) is 0 Å². The van der Waals surface area contributed by atoms with Crippen LogP contribution in [0.3, 0.4) is 0 Å². The van der Waals surface area contributed by atoms with Crippen LogP contribution in [0.25, 0.3) is 115 Å². The first-order valence-electron chi connectivity index (χ1n) is 19.6. The zero-order valence-corrected chi connectivity index (χ0v) is 31.0. The molecule has 0 unspecified atom stereocenters. The third-order valence-electron chi connectivity index (χ3n) is 11.9. The van der Waals surface area contributed by atoms with Gasteiger partial charge < -0.3 is 0 Å². The Kier molecular flexibility index (Phi) is 6.96. The third kappa shape index (κ3) is 4.94. The van der Waals surface area contributed by atoms with E-state index in [1.807, 2.05) is 0 Å². The molecule has 2 heteroatoms. The van der Waals surface area contributed by atoms with E-state index < -0.39 is 0 Å². The predicted octanol–water partition coefficient (Wildman–Crippen LogP) is 14.9. The first kappa shape index (κ1) is 31.8. The lowest BCUT2D eigenvalue weighted by atomic mass is 9.87. The number of aromatic nitrogens is 2. The second-order valence-corrected chi connectivity index (χ2v) is 15.1. The molecular weight excluding hydrogens is 689 g/mol. The van der Waals surface area contributed by atoms with Gasteiger partial charge in [0.05, 0.1) is 11.2 Å². The number of rotatable bonds is 5. The molecule has 264 valence electrons. The molecule has 0 aliphatic carbocycles. The number of hydrogen-bond acceptors (Lipinski definition) is 1. The van der Waals surface area contributed by atoms with Crippen LogP contribution in [-0.2, 0) is 0 Å². The summed E-state index contributed by atoms with van der Waals surface area (Å²) in [6, 6.07) is 75.3. The summed E-state index contributed by atoms with van der Waals surface area (Å²) < 4.78 is 2.23. The first-order chi connectivity index (χ1) is 28.3. The average molecular weight is 723 g/mol. The summed E-state index contributed by atoms with van der Waals surface area (Å²) in [6.07, 6.45) is 0. The molecule has 0 N–H and O–H groups in total. The van der Waals surface area contributed by atoms with Crippen LogP contribution in [0.1, 0.15) is 0 Å². The van der Waals surface area contributed by atoms with Gasteiger partial charge in [0, 0.05) is 22.1 Å². The summed E-state index contributed by atoms with van der Waals surface area (Å²) in [5, 5.41) is 18.1. The largest absolute Gasteiger partial charge is 0.231 e. The molecule has 12 aromatic rings. The average Bonchev–Trinajstić information content (AvgIpc) is 3.69. The van der Waals surface area contributed by atoms with E-state index in [0.29, 0.717) is 0 Å². The smallest absolute Gasteiger partial charge is 0.102 e. The molecular formula is C55H34N2. The van der Waals surface area contributed by atoms with Crippen molar-refractivity contribution < 1.29 is 0 Å². The van der Waals surface area contributed by atoms with Crippen molar-refractivity contribution in [2.24, 2.45) is 0 Å². The van der Waals surface area contributed by atoms with Gasteiger partial charge in [-0.3, -0.25) is 0 Å². The van der Waals surface area contributed by atoms with Crippen LogP contribution in [0.15, 0.2) is 206 Å². The van der Waals surface area contributed by atoms with Crippen molar-refractivity contribution in [3.05, 3.63) is 206 Å². The summed E-state index contributed by atoms with van der Waals surface area (Å²) in [5.74, 6) is 0. The maximum atomic E-state index is 5.77. The summed E-state index contributed by atoms with van der Waals surface area (Å²) >= 11 is 0. The molecule has 10 aromatic carbocycles. The predicted molar refractivity (Wildman–Crippen MR) is 241 cm³/mol. The zero-order valence-electron chi connectivity index (χ0n) is 31.0. The van der Waals surface area contributed by atoms with Gasteiger partial charge in [0.15, 0.2) is 0 Å². The van der Waals surface area contributed by atoms with Crippen LogP contribution >= 0.6 is 0 Å². The fourth-order valence-corrected chi connectivity index (χ4v) is 9.28. The minimum atomic E-state index is 0.974.